The Morgan fingerprint density at radius 3 is 2.64 bits per heavy atom. The molecule has 178 valence electrons. The first kappa shape index (κ1) is 23.2. The second-order valence-electron chi connectivity index (χ2n) is 8.88. The Labute approximate surface area is 194 Å². The molecule has 0 spiro atoms. The lowest BCUT2D eigenvalue weighted by Crippen LogP contribution is -2.56. The molecule has 1 saturated carbocycles. The van der Waals surface area contributed by atoms with Crippen molar-refractivity contribution in [2.45, 2.75) is 50.7 Å². The van der Waals surface area contributed by atoms with Crippen LogP contribution in [0.1, 0.15) is 61.0 Å². The molecular weight excluding hydrogens is 422 g/mol. The van der Waals surface area contributed by atoms with Crippen LogP contribution in [-0.4, -0.2) is 54.0 Å². The molecule has 0 radical (unpaired) electrons. The first-order valence-electron chi connectivity index (χ1n) is 11.6. The van der Waals surface area contributed by atoms with Crippen molar-refractivity contribution in [2.75, 3.05) is 27.4 Å². The van der Waals surface area contributed by atoms with Gasteiger partial charge in [0, 0.05) is 18.5 Å². The van der Waals surface area contributed by atoms with E-state index in [-0.39, 0.29) is 23.6 Å². The number of carbonyl (C=O) groups is 1. The number of aromatic hydroxyl groups is 1. The zero-order valence-corrected chi connectivity index (χ0v) is 19.5. The molecule has 1 aliphatic carbocycles. The van der Waals surface area contributed by atoms with Crippen LogP contribution in [0.5, 0.6) is 23.0 Å². The Kier molecular flexibility index (Phi) is 6.70. The van der Waals surface area contributed by atoms with E-state index in [0.717, 1.165) is 31.2 Å². The van der Waals surface area contributed by atoms with E-state index in [1.807, 2.05) is 17.9 Å². The number of fused-ring (bicyclic) bond motifs is 1. The van der Waals surface area contributed by atoms with Crippen LogP contribution in [-0.2, 0) is 0 Å². The van der Waals surface area contributed by atoms with Crippen LogP contribution >= 0.6 is 0 Å². The first-order valence-corrected chi connectivity index (χ1v) is 11.6. The zero-order valence-electron chi connectivity index (χ0n) is 19.5. The predicted octanol–water partition coefficient (Wildman–Crippen LogP) is 4.32. The fraction of sp³-hybridized carbons (Fsp3) is 0.500. The van der Waals surface area contributed by atoms with Crippen molar-refractivity contribution in [1.82, 2.24) is 4.90 Å². The van der Waals surface area contributed by atoms with Crippen molar-refractivity contribution in [3.05, 3.63) is 47.5 Å². The summed E-state index contributed by atoms with van der Waals surface area (Å²) in [4.78, 5) is 15.7. The molecule has 3 atom stereocenters. The highest BCUT2D eigenvalue weighted by molar-refractivity contribution is 5.97. The van der Waals surface area contributed by atoms with Gasteiger partial charge in [0.1, 0.15) is 11.5 Å². The fourth-order valence-corrected chi connectivity index (χ4v) is 5.44. The van der Waals surface area contributed by atoms with E-state index in [2.05, 4.69) is 0 Å². The number of amides is 1. The molecule has 0 unspecified atom stereocenters. The summed E-state index contributed by atoms with van der Waals surface area (Å²) in [7, 11) is 3.11. The summed E-state index contributed by atoms with van der Waals surface area (Å²) in [6, 6.07) is 10.1. The number of ether oxygens (including phenoxy) is 3. The fourth-order valence-electron chi connectivity index (χ4n) is 5.44. The number of carbonyl (C=O) groups excluding carboxylic acids is 1. The number of piperidine rings is 1. The highest BCUT2D eigenvalue weighted by atomic mass is 16.5. The minimum absolute atomic E-state index is 0.0602. The van der Waals surface area contributed by atoms with Crippen LogP contribution in [0.25, 0.3) is 0 Å². The van der Waals surface area contributed by atoms with Gasteiger partial charge in [0.2, 0.25) is 0 Å². The van der Waals surface area contributed by atoms with Crippen molar-refractivity contribution < 1.29 is 29.2 Å². The van der Waals surface area contributed by atoms with Crippen LogP contribution in [0.15, 0.2) is 36.4 Å². The number of hydrogen-bond acceptors (Lipinski definition) is 6. The monoisotopic (exact) mass is 455 g/mol. The summed E-state index contributed by atoms with van der Waals surface area (Å²) in [5, 5.41) is 21.8. The molecule has 7 nitrogen and oxygen atoms in total. The minimum atomic E-state index is -0.812. The molecule has 33 heavy (non-hydrogen) atoms. The van der Waals surface area contributed by atoms with Crippen molar-refractivity contribution >= 4 is 5.91 Å². The van der Waals surface area contributed by atoms with Crippen LogP contribution in [0, 0.1) is 5.92 Å². The average molecular weight is 456 g/mol. The molecule has 2 aliphatic rings. The maximum atomic E-state index is 13.9. The zero-order chi connectivity index (χ0) is 23.6. The molecule has 0 aromatic heterocycles. The summed E-state index contributed by atoms with van der Waals surface area (Å²) in [6.07, 6.45) is 4.09. The first-order chi connectivity index (χ1) is 15.9. The van der Waals surface area contributed by atoms with E-state index in [1.165, 1.54) is 7.11 Å². The number of methoxy groups -OCH3 is 2. The van der Waals surface area contributed by atoms with Gasteiger partial charge in [-0.15, -0.1) is 0 Å². The number of rotatable bonds is 6. The third-order valence-electron chi connectivity index (χ3n) is 7.09. The summed E-state index contributed by atoms with van der Waals surface area (Å²) in [5.74, 6) is 1.24. The van der Waals surface area contributed by atoms with Crippen LogP contribution in [0.2, 0.25) is 0 Å². The number of nitrogens with zero attached hydrogens (tertiary/aromatic N) is 1. The molecule has 2 N–H and O–H groups in total. The van der Waals surface area contributed by atoms with E-state index < -0.39 is 5.60 Å². The van der Waals surface area contributed by atoms with Gasteiger partial charge in [-0.25, -0.2) is 0 Å². The van der Waals surface area contributed by atoms with Crippen LogP contribution in [0.3, 0.4) is 0 Å². The van der Waals surface area contributed by atoms with Crippen molar-refractivity contribution in [3.63, 3.8) is 0 Å². The molecule has 2 aromatic carbocycles. The number of phenolic OH excluding ortho intramolecular Hbond substituents is 1. The summed E-state index contributed by atoms with van der Waals surface area (Å²) in [5.41, 5.74) is 0.489. The average Bonchev–Trinajstić information content (AvgIpc) is 2.83. The molecule has 1 saturated heterocycles. The third kappa shape index (κ3) is 4.34. The summed E-state index contributed by atoms with van der Waals surface area (Å²) >= 11 is 0. The van der Waals surface area contributed by atoms with Crippen molar-refractivity contribution in [2.24, 2.45) is 5.92 Å². The molecule has 1 amide bonds. The van der Waals surface area contributed by atoms with Crippen LogP contribution in [0.4, 0.5) is 0 Å². The maximum Gasteiger partial charge on any atom is 0.258 e. The van der Waals surface area contributed by atoms with Gasteiger partial charge >= 0.3 is 0 Å². The normalized spacial score (nSPS) is 24.7. The van der Waals surface area contributed by atoms with E-state index in [1.54, 1.807) is 37.4 Å². The molecule has 4 rings (SSSR count). The molecule has 2 fully saturated rings. The Morgan fingerprint density at radius 2 is 1.91 bits per heavy atom. The van der Waals surface area contributed by atoms with Crippen LogP contribution < -0.4 is 14.2 Å². The molecule has 2 aromatic rings. The van der Waals surface area contributed by atoms with Crippen molar-refractivity contribution in [3.8, 4) is 23.0 Å². The predicted molar refractivity (Wildman–Crippen MR) is 124 cm³/mol. The molecule has 1 aliphatic heterocycles. The standard InChI is InChI=1S/C26H33NO6/c1-4-33-23-15-17(8-11-21(23)28)24-20-7-5-6-12-26(20,30)13-14-27(24)25(29)19-10-9-18(31-2)16-22(19)32-3/h8-11,15-16,20,24,28,30H,4-7,12-14H2,1-3H3/t20-,24-,26-/m1/s1. The van der Waals surface area contributed by atoms with E-state index in [9.17, 15) is 15.0 Å². The topological polar surface area (TPSA) is 88.5 Å². The van der Waals surface area contributed by atoms with Gasteiger partial charge in [-0.05, 0) is 56.0 Å². The lowest BCUT2D eigenvalue weighted by Gasteiger charge is -2.52. The second-order valence-corrected chi connectivity index (χ2v) is 8.88. The van der Waals surface area contributed by atoms with Gasteiger partial charge < -0.3 is 29.3 Å². The number of benzene rings is 2. The number of hydrogen-bond donors (Lipinski definition) is 2. The smallest absolute Gasteiger partial charge is 0.258 e. The van der Waals surface area contributed by atoms with Gasteiger partial charge in [-0.1, -0.05) is 18.9 Å². The highest BCUT2D eigenvalue weighted by Crippen LogP contribution is 2.50. The Hall–Kier alpha value is -2.93. The summed E-state index contributed by atoms with van der Waals surface area (Å²) in [6.45, 7) is 2.70. The quantitative estimate of drug-likeness (QED) is 0.675. The van der Waals surface area contributed by atoms with Gasteiger partial charge in [0.15, 0.2) is 11.5 Å². The molecular formula is C26H33NO6. The van der Waals surface area contributed by atoms with Gasteiger partial charge in [-0.2, -0.15) is 0 Å². The third-order valence-corrected chi connectivity index (χ3v) is 7.09. The van der Waals surface area contributed by atoms with Gasteiger partial charge in [0.25, 0.3) is 5.91 Å². The Morgan fingerprint density at radius 1 is 1.09 bits per heavy atom. The van der Waals surface area contributed by atoms with Crippen molar-refractivity contribution in [1.29, 1.82) is 0 Å². The SMILES string of the molecule is CCOc1cc([C@@H]2[C@H]3CCCC[C@@]3(O)CCN2C(=O)c2ccc(OC)cc2OC)ccc1O. The molecule has 7 heteroatoms. The molecule has 0 bridgehead atoms. The minimum Gasteiger partial charge on any atom is -0.504 e. The number of phenols is 1. The largest absolute Gasteiger partial charge is 0.504 e. The lowest BCUT2D eigenvalue weighted by atomic mass is 9.66. The Balaban J connectivity index is 1.78. The summed E-state index contributed by atoms with van der Waals surface area (Å²) < 4.78 is 16.4. The van der Waals surface area contributed by atoms with Gasteiger partial charge in [-0.3, -0.25) is 4.79 Å². The van der Waals surface area contributed by atoms with E-state index in [4.69, 9.17) is 14.2 Å². The van der Waals surface area contributed by atoms with Gasteiger partial charge in [0.05, 0.1) is 38.0 Å². The Bertz CT molecular complexity index is 1010. The van der Waals surface area contributed by atoms with E-state index >= 15 is 0 Å². The number of likely N-dealkylation sites (tertiary alicyclic amines) is 1. The number of aliphatic hydroxyl groups is 1. The highest BCUT2D eigenvalue weighted by Gasteiger charge is 2.50. The maximum absolute atomic E-state index is 13.9. The molecule has 1 heterocycles. The lowest BCUT2D eigenvalue weighted by molar-refractivity contribution is -0.115. The second kappa shape index (κ2) is 9.51. The van der Waals surface area contributed by atoms with E-state index in [0.29, 0.717) is 42.4 Å².